The van der Waals surface area contributed by atoms with Crippen LogP contribution in [-0.2, 0) is 13.1 Å². The number of amides is 1. The zero-order chi connectivity index (χ0) is 16.8. The summed E-state index contributed by atoms with van der Waals surface area (Å²) in [5.74, 6) is -0.292. The molecule has 2 aromatic heterocycles. The van der Waals surface area contributed by atoms with Gasteiger partial charge in [0.2, 0.25) is 0 Å². The maximum absolute atomic E-state index is 12.0. The molecular formula is C16H16N6OS. The number of aromatic nitrogens is 4. The van der Waals surface area contributed by atoms with Gasteiger partial charge in [0.05, 0.1) is 25.0 Å². The minimum atomic E-state index is -0.292. The molecule has 8 heteroatoms. The molecule has 0 atom stereocenters. The molecule has 122 valence electrons. The Kier molecular flexibility index (Phi) is 4.97. The highest BCUT2D eigenvalue weighted by atomic mass is 32.1. The molecule has 0 aliphatic carbocycles. The largest absolute Gasteiger partial charge is 0.375 e. The minimum absolute atomic E-state index is 0.270. The highest BCUT2D eigenvalue weighted by Crippen LogP contribution is 2.10. The summed E-state index contributed by atoms with van der Waals surface area (Å²) in [6, 6.07) is 9.96. The molecular weight excluding hydrogens is 324 g/mol. The van der Waals surface area contributed by atoms with Crippen molar-refractivity contribution in [3.8, 4) is 0 Å². The van der Waals surface area contributed by atoms with E-state index >= 15 is 0 Å². The number of nitrogens with zero attached hydrogens (tertiary/aromatic N) is 4. The predicted octanol–water partition coefficient (Wildman–Crippen LogP) is 1.96. The first kappa shape index (κ1) is 15.9. The standard InChI is InChI=1S/C16H16N6OS/c17-16-19-13(11-24-16)9-18-15(23)14-10-22(21-20-14)8-4-7-12-5-2-1-3-6-12/h1-7,10-11H,8-9H2,(H2,17,19)(H,18,23). The van der Waals surface area contributed by atoms with Crippen LogP contribution in [0.25, 0.3) is 6.08 Å². The lowest BCUT2D eigenvalue weighted by Gasteiger charge is -1.99. The highest BCUT2D eigenvalue weighted by Gasteiger charge is 2.10. The molecule has 0 radical (unpaired) electrons. The van der Waals surface area contributed by atoms with Gasteiger partial charge in [-0.25, -0.2) is 9.67 Å². The third kappa shape index (κ3) is 4.26. The lowest BCUT2D eigenvalue weighted by Crippen LogP contribution is -2.23. The third-order valence-corrected chi connectivity index (χ3v) is 3.90. The van der Waals surface area contributed by atoms with Crippen molar-refractivity contribution in [1.82, 2.24) is 25.3 Å². The monoisotopic (exact) mass is 340 g/mol. The topological polar surface area (TPSA) is 98.7 Å². The van der Waals surface area contributed by atoms with Crippen LogP contribution in [0.5, 0.6) is 0 Å². The van der Waals surface area contributed by atoms with E-state index in [0.717, 1.165) is 11.3 Å². The first-order valence-electron chi connectivity index (χ1n) is 7.30. The fourth-order valence-electron chi connectivity index (χ4n) is 2.02. The summed E-state index contributed by atoms with van der Waals surface area (Å²) >= 11 is 1.34. The molecule has 0 saturated heterocycles. The number of hydrogen-bond donors (Lipinski definition) is 2. The minimum Gasteiger partial charge on any atom is -0.375 e. The summed E-state index contributed by atoms with van der Waals surface area (Å²) < 4.78 is 1.61. The number of allylic oxidation sites excluding steroid dienone is 1. The molecule has 3 rings (SSSR count). The van der Waals surface area contributed by atoms with Gasteiger partial charge in [0.1, 0.15) is 0 Å². The lowest BCUT2D eigenvalue weighted by atomic mass is 10.2. The Bertz CT molecular complexity index is 839. The van der Waals surface area contributed by atoms with Gasteiger partial charge < -0.3 is 11.1 Å². The Labute approximate surface area is 142 Å². The van der Waals surface area contributed by atoms with E-state index in [1.165, 1.54) is 11.3 Å². The van der Waals surface area contributed by atoms with Crippen molar-refractivity contribution in [3.63, 3.8) is 0 Å². The van der Waals surface area contributed by atoms with Crippen molar-refractivity contribution in [1.29, 1.82) is 0 Å². The molecule has 2 heterocycles. The van der Waals surface area contributed by atoms with Crippen LogP contribution in [0.4, 0.5) is 5.13 Å². The third-order valence-electron chi connectivity index (χ3n) is 3.17. The average Bonchev–Trinajstić information content (AvgIpc) is 3.23. The van der Waals surface area contributed by atoms with Crippen LogP contribution in [0.3, 0.4) is 0 Å². The van der Waals surface area contributed by atoms with Crippen molar-refractivity contribution in [2.45, 2.75) is 13.1 Å². The van der Waals surface area contributed by atoms with Gasteiger partial charge in [-0.1, -0.05) is 47.7 Å². The van der Waals surface area contributed by atoms with E-state index in [1.54, 1.807) is 16.3 Å². The summed E-state index contributed by atoms with van der Waals surface area (Å²) in [5.41, 5.74) is 7.66. The Balaban J connectivity index is 1.52. The number of benzene rings is 1. The molecule has 3 N–H and O–H groups in total. The number of carbonyl (C=O) groups is 1. The van der Waals surface area contributed by atoms with Crippen LogP contribution in [0.2, 0.25) is 0 Å². The number of hydrogen-bond acceptors (Lipinski definition) is 6. The fraction of sp³-hybridized carbons (Fsp3) is 0.125. The van der Waals surface area contributed by atoms with E-state index < -0.39 is 0 Å². The van der Waals surface area contributed by atoms with E-state index in [-0.39, 0.29) is 11.6 Å². The van der Waals surface area contributed by atoms with E-state index in [0.29, 0.717) is 18.2 Å². The maximum Gasteiger partial charge on any atom is 0.273 e. The van der Waals surface area contributed by atoms with Crippen molar-refractivity contribution >= 4 is 28.5 Å². The Morgan fingerprint density at radius 1 is 1.33 bits per heavy atom. The number of thiazole rings is 1. The molecule has 0 aliphatic heterocycles. The Morgan fingerprint density at radius 3 is 2.92 bits per heavy atom. The first-order chi connectivity index (χ1) is 11.7. The quantitative estimate of drug-likeness (QED) is 0.715. The van der Waals surface area contributed by atoms with Crippen molar-refractivity contribution < 1.29 is 4.79 Å². The second kappa shape index (κ2) is 7.51. The van der Waals surface area contributed by atoms with Gasteiger partial charge in [0.25, 0.3) is 5.91 Å². The summed E-state index contributed by atoms with van der Waals surface area (Å²) in [6.07, 6.45) is 5.57. The zero-order valence-corrected chi connectivity index (χ0v) is 13.6. The van der Waals surface area contributed by atoms with Crippen molar-refractivity contribution in [2.24, 2.45) is 0 Å². The molecule has 0 bridgehead atoms. The molecule has 0 fully saturated rings. The predicted molar refractivity (Wildman–Crippen MR) is 93.2 cm³/mol. The smallest absolute Gasteiger partial charge is 0.273 e. The van der Waals surface area contributed by atoms with Gasteiger partial charge in [-0.05, 0) is 5.56 Å². The zero-order valence-electron chi connectivity index (χ0n) is 12.8. The van der Waals surface area contributed by atoms with E-state index in [4.69, 9.17) is 5.73 Å². The van der Waals surface area contributed by atoms with Gasteiger partial charge in [0.15, 0.2) is 10.8 Å². The van der Waals surface area contributed by atoms with Crippen molar-refractivity contribution in [3.05, 3.63) is 64.9 Å². The summed E-state index contributed by atoms with van der Waals surface area (Å²) in [5, 5.41) is 12.9. The van der Waals surface area contributed by atoms with Crippen LogP contribution < -0.4 is 11.1 Å². The van der Waals surface area contributed by atoms with Gasteiger partial charge in [-0.2, -0.15) is 0 Å². The maximum atomic E-state index is 12.0. The fourth-order valence-corrected chi connectivity index (χ4v) is 2.58. The molecule has 0 spiro atoms. The van der Waals surface area contributed by atoms with Gasteiger partial charge in [-0.15, -0.1) is 16.4 Å². The normalized spacial score (nSPS) is 11.0. The molecule has 1 aromatic carbocycles. The lowest BCUT2D eigenvalue weighted by molar-refractivity contribution is 0.0945. The molecule has 0 aliphatic rings. The molecule has 0 saturated carbocycles. The molecule has 7 nitrogen and oxygen atoms in total. The number of nitrogens with one attached hydrogen (secondary N) is 1. The second-order valence-corrected chi connectivity index (χ2v) is 5.89. The van der Waals surface area contributed by atoms with Crippen LogP contribution in [0.1, 0.15) is 21.7 Å². The summed E-state index contributed by atoms with van der Waals surface area (Å²) in [4.78, 5) is 16.1. The van der Waals surface area contributed by atoms with Crippen LogP contribution in [0, 0.1) is 0 Å². The number of nitrogen functional groups attached to an aromatic ring is 1. The SMILES string of the molecule is Nc1nc(CNC(=O)c2cn(CC=Cc3ccccc3)nn2)cs1. The molecule has 24 heavy (non-hydrogen) atoms. The average molecular weight is 340 g/mol. The number of carbonyl (C=O) groups excluding carboxylic acids is 1. The highest BCUT2D eigenvalue weighted by molar-refractivity contribution is 7.13. The van der Waals surface area contributed by atoms with Gasteiger partial charge >= 0.3 is 0 Å². The van der Waals surface area contributed by atoms with E-state index in [9.17, 15) is 4.79 Å². The summed E-state index contributed by atoms with van der Waals surface area (Å²) in [6.45, 7) is 0.852. The van der Waals surface area contributed by atoms with Gasteiger partial charge in [-0.3, -0.25) is 4.79 Å². The Hall–Kier alpha value is -3.00. The molecule has 3 aromatic rings. The van der Waals surface area contributed by atoms with E-state index in [2.05, 4.69) is 20.6 Å². The summed E-state index contributed by atoms with van der Waals surface area (Å²) in [7, 11) is 0. The van der Waals surface area contributed by atoms with Crippen molar-refractivity contribution in [2.75, 3.05) is 5.73 Å². The number of nitrogens with two attached hydrogens (primary N) is 1. The van der Waals surface area contributed by atoms with Gasteiger partial charge in [0, 0.05) is 5.38 Å². The molecule has 1 amide bonds. The second-order valence-electron chi connectivity index (χ2n) is 5.00. The van der Waals surface area contributed by atoms with Crippen LogP contribution in [-0.4, -0.2) is 25.9 Å². The Morgan fingerprint density at radius 2 is 2.17 bits per heavy atom. The number of rotatable bonds is 6. The van der Waals surface area contributed by atoms with Crippen LogP contribution >= 0.6 is 11.3 Å². The van der Waals surface area contributed by atoms with E-state index in [1.807, 2.05) is 42.5 Å². The molecule has 0 unspecified atom stereocenters. The first-order valence-corrected chi connectivity index (χ1v) is 8.18. The number of anilines is 1. The van der Waals surface area contributed by atoms with Crippen LogP contribution in [0.15, 0.2) is 48.0 Å².